The molecule has 10 nitrogen and oxygen atoms in total. The quantitative estimate of drug-likeness (QED) is 0.466. The third kappa shape index (κ3) is 4.77. The van der Waals surface area contributed by atoms with Gasteiger partial charge in [-0.25, -0.2) is 9.67 Å². The first-order chi connectivity index (χ1) is 13.7. The minimum atomic E-state index is -0.490. The van der Waals surface area contributed by atoms with Crippen LogP contribution in [0.5, 0.6) is 0 Å². The van der Waals surface area contributed by atoms with Gasteiger partial charge in [-0.1, -0.05) is 30.7 Å². The molecule has 3 rings (SSSR count). The fraction of sp³-hybridized carbons (Fsp3) is 0.333. The van der Waals surface area contributed by atoms with Crippen molar-refractivity contribution in [1.82, 2.24) is 24.5 Å². The lowest BCUT2D eigenvalue weighted by molar-refractivity contribution is -0.386. The van der Waals surface area contributed by atoms with E-state index in [2.05, 4.69) is 20.5 Å². The Morgan fingerprint density at radius 2 is 1.97 bits per heavy atom. The van der Waals surface area contributed by atoms with Gasteiger partial charge in [-0.15, -0.1) is 5.10 Å². The zero-order valence-corrected chi connectivity index (χ0v) is 16.9. The van der Waals surface area contributed by atoms with Crippen LogP contribution in [0, 0.1) is 29.9 Å². The molecule has 152 valence electrons. The molecular formula is C18H20ClN7O3. The first-order valence-corrected chi connectivity index (χ1v) is 9.25. The van der Waals surface area contributed by atoms with Crippen molar-refractivity contribution in [1.29, 1.82) is 0 Å². The van der Waals surface area contributed by atoms with Crippen LogP contribution in [0.15, 0.2) is 30.6 Å². The van der Waals surface area contributed by atoms with Gasteiger partial charge in [0.1, 0.15) is 17.7 Å². The molecule has 0 aliphatic heterocycles. The van der Waals surface area contributed by atoms with Crippen LogP contribution in [0.25, 0.3) is 0 Å². The highest BCUT2D eigenvalue weighted by Gasteiger charge is 2.24. The van der Waals surface area contributed by atoms with Crippen molar-refractivity contribution in [2.45, 2.75) is 33.9 Å². The average Bonchev–Trinajstić information content (AvgIpc) is 3.20. The van der Waals surface area contributed by atoms with E-state index in [9.17, 15) is 14.9 Å². The lowest BCUT2D eigenvalue weighted by Crippen LogP contribution is -2.26. The third-order valence-electron chi connectivity index (χ3n) is 4.45. The molecule has 0 aliphatic carbocycles. The molecule has 0 spiro atoms. The molecule has 0 saturated carbocycles. The number of anilines is 1. The molecule has 3 aromatic rings. The number of rotatable bonds is 7. The normalized spacial score (nSPS) is 12.0. The number of nitrogens with zero attached hydrogens (tertiary/aromatic N) is 6. The van der Waals surface area contributed by atoms with Gasteiger partial charge in [-0.3, -0.25) is 24.9 Å². The van der Waals surface area contributed by atoms with Crippen molar-refractivity contribution in [3.05, 3.63) is 62.7 Å². The maximum absolute atomic E-state index is 12.5. The summed E-state index contributed by atoms with van der Waals surface area (Å²) >= 11 is 5.88. The predicted octanol–water partition coefficient (Wildman–Crippen LogP) is 2.98. The predicted molar refractivity (Wildman–Crippen MR) is 107 cm³/mol. The number of nitro groups is 1. The molecule has 0 aliphatic rings. The van der Waals surface area contributed by atoms with E-state index >= 15 is 0 Å². The van der Waals surface area contributed by atoms with Gasteiger partial charge in [0.2, 0.25) is 11.9 Å². The fourth-order valence-corrected chi connectivity index (χ4v) is 3.04. The molecule has 0 fully saturated rings. The molecule has 2 heterocycles. The fourth-order valence-electron chi connectivity index (χ4n) is 2.91. The van der Waals surface area contributed by atoms with Gasteiger partial charge in [0.05, 0.1) is 23.9 Å². The summed E-state index contributed by atoms with van der Waals surface area (Å²) in [4.78, 5) is 27.2. The van der Waals surface area contributed by atoms with Crippen molar-refractivity contribution in [2.75, 3.05) is 5.32 Å². The molecular weight excluding hydrogens is 398 g/mol. The largest absolute Gasteiger partial charge is 0.312 e. The number of aromatic nitrogens is 5. The minimum absolute atomic E-state index is 0.0276. The number of carbonyl (C=O) groups is 1. The Balaban J connectivity index is 1.62. The van der Waals surface area contributed by atoms with Crippen LogP contribution in [0.2, 0.25) is 5.02 Å². The summed E-state index contributed by atoms with van der Waals surface area (Å²) in [6, 6.07) is 7.36. The molecule has 1 N–H and O–H groups in total. The van der Waals surface area contributed by atoms with Crippen LogP contribution >= 0.6 is 11.6 Å². The molecule has 1 atom stereocenters. The standard InChI is InChI=1S/C18H20ClN7O3/c1-11(8-25-13(3)16(26(28)29)12(2)22-25)17(27)21-18-20-10-24(23-18)9-14-4-6-15(19)7-5-14/h4-7,10-11H,8-9H2,1-3H3,(H,21,23,27). The average molecular weight is 418 g/mol. The number of amides is 1. The molecule has 0 bridgehead atoms. The number of hydrogen-bond acceptors (Lipinski definition) is 6. The van der Waals surface area contributed by atoms with E-state index < -0.39 is 10.8 Å². The molecule has 1 amide bonds. The summed E-state index contributed by atoms with van der Waals surface area (Å²) in [6.07, 6.45) is 1.53. The molecule has 29 heavy (non-hydrogen) atoms. The zero-order valence-electron chi connectivity index (χ0n) is 16.2. The van der Waals surface area contributed by atoms with Crippen molar-refractivity contribution >= 4 is 29.1 Å². The van der Waals surface area contributed by atoms with Gasteiger partial charge in [0.25, 0.3) is 0 Å². The number of halogens is 1. The van der Waals surface area contributed by atoms with Crippen LogP contribution in [-0.4, -0.2) is 35.4 Å². The summed E-state index contributed by atoms with van der Waals surface area (Å²) in [5.74, 6) is -0.601. The van der Waals surface area contributed by atoms with Gasteiger partial charge < -0.3 is 0 Å². The first kappa shape index (κ1) is 20.5. The van der Waals surface area contributed by atoms with E-state index in [0.29, 0.717) is 23.0 Å². The third-order valence-corrected chi connectivity index (χ3v) is 4.70. The summed E-state index contributed by atoms with van der Waals surface area (Å²) < 4.78 is 3.08. The zero-order chi connectivity index (χ0) is 21.1. The van der Waals surface area contributed by atoms with Crippen LogP contribution in [0.3, 0.4) is 0 Å². The molecule has 1 aromatic carbocycles. The summed E-state index contributed by atoms with van der Waals surface area (Å²) in [5.41, 5.74) is 1.71. The summed E-state index contributed by atoms with van der Waals surface area (Å²) in [7, 11) is 0. The number of benzene rings is 1. The van der Waals surface area contributed by atoms with Crippen LogP contribution in [0.1, 0.15) is 23.9 Å². The second kappa shape index (κ2) is 8.39. The highest BCUT2D eigenvalue weighted by molar-refractivity contribution is 6.30. The second-order valence-corrected chi connectivity index (χ2v) is 7.18. The van der Waals surface area contributed by atoms with Gasteiger partial charge in [0, 0.05) is 5.02 Å². The van der Waals surface area contributed by atoms with Crippen LogP contribution < -0.4 is 5.32 Å². The van der Waals surface area contributed by atoms with E-state index in [-0.39, 0.29) is 24.1 Å². The Morgan fingerprint density at radius 1 is 1.28 bits per heavy atom. The van der Waals surface area contributed by atoms with E-state index in [1.165, 1.54) is 11.0 Å². The highest BCUT2D eigenvalue weighted by atomic mass is 35.5. The number of carbonyl (C=O) groups excluding carboxylic acids is 1. The first-order valence-electron chi connectivity index (χ1n) is 8.87. The smallest absolute Gasteiger partial charge is 0.293 e. The Morgan fingerprint density at radius 3 is 2.59 bits per heavy atom. The lowest BCUT2D eigenvalue weighted by atomic mass is 10.1. The maximum Gasteiger partial charge on any atom is 0.312 e. The monoisotopic (exact) mass is 417 g/mol. The SMILES string of the molecule is Cc1nn(CC(C)C(=O)Nc2ncn(Cc3ccc(Cl)cc3)n2)c(C)c1[N+](=O)[O-]. The van der Waals surface area contributed by atoms with Crippen molar-refractivity contribution in [3.63, 3.8) is 0 Å². The van der Waals surface area contributed by atoms with Gasteiger partial charge >= 0.3 is 5.69 Å². The highest BCUT2D eigenvalue weighted by Crippen LogP contribution is 2.22. The number of aryl methyl sites for hydroxylation is 1. The van der Waals surface area contributed by atoms with Crippen LogP contribution in [0.4, 0.5) is 11.6 Å². The summed E-state index contributed by atoms with van der Waals surface area (Å²) in [6.45, 7) is 5.59. The van der Waals surface area contributed by atoms with Gasteiger partial charge in [-0.05, 0) is 31.5 Å². The van der Waals surface area contributed by atoms with E-state index in [1.54, 1.807) is 37.6 Å². The molecule has 2 aromatic heterocycles. The molecule has 11 heteroatoms. The Kier molecular flexibility index (Phi) is 5.92. The Bertz CT molecular complexity index is 1040. The van der Waals surface area contributed by atoms with E-state index in [1.807, 2.05) is 12.1 Å². The van der Waals surface area contributed by atoms with Gasteiger partial charge in [0.15, 0.2) is 0 Å². The minimum Gasteiger partial charge on any atom is -0.293 e. The molecule has 0 saturated heterocycles. The van der Waals surface area contributed by atoms with Crippen molar-refractivity contribution < 1.29 is 9.72 Å². The maximum atomic E-state index is 12.5. The van der Waals surface area contributed by atoms with Crippen LogP contribution in [-0.2, 0) is 17.9 Å². The van der Waals surface area contributed by atoms with Crippen molar-refractivity contribution in [2.24, 2.45) is 5.92 Å². The lowest BCUT2D eigenvalue weighted by Gasteiger charge is -2.11. The summed E-state index contributed by atoms with van der Waals surface area (Å²) in [5, 5.41) is 22.8. The Hall–Kier alpha value is -3.27. The number of hydrogen-bond donors (Lipinski definition) is 1. The van der Waals surface area contributed by atoms with E-state index in [0.717, 1.165) is 5.56 Å². The van der Waals surface area contributed by atoms with E-state index in [4.69, 9.17) is 11.6 Å². The van der Waals surface area contributed by atoms with Crippen molar-refractivity contribution in [3.8, 4) is 0 Å². The van der Waals surface area contributed by atoms with Gasteiger partial charge in [-0.2, -0.15) is 5.10 Å². The topological polar surface area (TPSA) is 121 Å². The number of nitrogens with one attached hydrogen (secondary N) is 1. The second-order valence-electron chi connectivity index (χ2n) is 6.74. The molecule has 0 radical (unpaired) electrons. The Labute approximate surface area is 171 Å². The molecule has 1 unspecified atom stereocenters.